The van der Waals surface area contributed by atoms with Crippen LogP contribution in [0.25, 0.3) is 0 Å². The number of benzene rings is 2. The maximum Gasteiger partial charge on any atom is 0.229 e. The van der Waals surface area contributed by atoms with Crippen molar-refractivity contribution < 1.29 is 14.0 Å². The van der Waals surface area contributed by atoms with Crippen LogP contribution in [0.15, 0.2) is 48.5 Å². The molecule has 5 heteroatoms. The first-order chi connectivity index (χ1) is 11.5. The smallest absolute Gasteiger partial charge is 0.229 e. The van der Waals surface area contributed by atoms with Gasteiger partial charge in [0.2, 0.25) is 11.8 Å². The third-order valence-corrected chi connectivity index (χ3v) is 3.54. The highest BCUT2D eigenvalue weighted by atomic mass is 19.1. The van der Waals surface area contributed by atoms with Crippen LogP contribution in [-0.4, -0.2) is 18.4 Å². The average molecular weight is 328 g/mol. The lowest BCUT2D eigenvalue weighted by Gasteiger charge is -2.07. The number of halogens is 1. The van der Waals surface area contributed by atoms with E-state index in [1.807, 2.05) is 31.2 Å². The monoisotopic (exact) mass is 328 g/mol. The molecule has 2 N–H and O–H groups in total. The Morgan fingerprint density at radius 3 is 2.38 bits per heavy atom. The summed E-state index contributed by atoms with van der Waals surface area (Å²) in [6, 6.07) is 14.0. The molecular weight excluding hydrogens is 307 g/mol. The summed E-state index contributed by atoms with van der Waals surface area (Å²) in [6.07, 6.45) is 0.395. The molecule has 0 heterocycles. The number of carbonyl (C=O) groups is 2. The van der Waals surface area contributed by atoms with Gasteiger partial charge < -0.3 is 10.6 Å². The molecular formula is C19H21FN2O2. The SMILES string of the molecule is Cc1cccc(CNC(=O)CC(=O)NCCc2ccc(F)cc2)c1. The Labute approximate surface area is 141 Å². The Morgan fingerprint density at radius 2 is 1.67 bits per heavy atom. The van der Waals surface area contributed by atoms with E-state index in [1.54, 1.807) is 12.1 Å². The third kappa shape index (κ3) is 6.20. The lowest BCUT2D eigenvalue weighted by atomic mass is 10.1. The predicted molar refractivity (Wildman–Crippen MR) is 90.8 cm³/mol. The van der Waals surface area contributed by atoms with Crippen LogP contribution in [0.4, 0.5) is 4.39 Å². The van der Waals surface area contributed by atoms with Gasteiger partial charge >= 0.3 is 0 Å². The van der Waals surface area contributed by atoms with Gasteiger partial charge in [0.25, 0.3) is 0 Å². The molecule has 2 amide bonds. The van der Waals surface area contributed by atoms with Gasteiger partial charge in [-0.3, -0.25) is 9.59 Å². The summed E-state index contributed by atoms with van der Waals surface area (Å²) in [4.78, 5) is 23.5. The Hall–Kier alpha value is -2.69. The number of aryl methyl sites for hydroxylation is 1. The van der Waals surface area contributed by atoms with Gasteiger partial charge in [0.05, 0.1) is 0 Å². The molecule has 0 aliphatic rings. The van der Waals surface area contributed by atoms with Crippen LogP contribution in [0.1, 0.15) is 23.1 Å². The van der Waals surface area contributed by atoms with Crippen molar-refractivity contribution in [2.24, 2.45) is 0 Å². The summed E-state index contributed by atoms with van der Waals surface area (Å²) in [5.41, 5.74) is 3.06. The normalized spacial score (nSPS) is 10.2. The van der Waals surface area contributed by atoms with E-state index in [9.17, 15) is 14.0 Å². The lowest BCUT2D eigenvalue weighted by molar-refractivity contribution is -0.129. The fourth-order valence-corrected chi connectivity index (χ4v) is 2.29. The second-order valence-corrected chi connectivity index (χ2v) is 5.67. The average Bonchev–Trinajstić information content (AvgIpc) is 2.55. The van der Waals surface area contributed by atoms with Gasteiger partial charge in [-0.25, -0.2) is 4.39 Å². The molecule has 0 unspecified atom stereocenters. The van der Waals surface area contributed by atoms with Crippen molar-refractivity contribution in [2.45, 2.75) is 26.3 Å². The fraction of sp³-hybridized carbons (Fsp3) is 0.263. The predicted octanol–water partition coefficient (Wildman–Crippen LogP) is 2.50. The van der Waals surface area contributed by atoms with Gasteiger partial charge in [-0.05, 0) is 36.6 Å². The highest BCUT2D eigenvalue weighted by Gasteiger charge is 2.08. The molecule has 0 saturated heterocycles. The maximum atomic E-state index is 12.8. The van der Waals surface area contributed by atoms with Crippen molar-refractivity contribution >= 4 is 11.8 Å². The van der Waals surface area contributed by atoms with Crippen molar-refractivity contribution in [3.05, 3.63) is 71.0 Å². The number of carbonyl (C=O) groups excluding carboxylic acids is 2. The van der Waals surface area contributed by atoms with Crippen molar-refractivity contribution in [1.29, 1.82) is 0 Å². The van der Waals surface area contributed by atoms with Gasteiger partial charge in [0.15, 0.2) is 0 Å². The molecule has 2 aromatic rings. The molecule has 4 nitrogen and oxygen atoms in total. The summed E-state index contributed by atoms with van der Waals surface area (Å²) in [6.45, 7) is 2.80. The molecule has 2 rings (SSSR count). The zero-order valence-electron chi connectivity index (χ0n) is 13.6. The van der Waals surface area contributed by atoms with E-state index in [0.717, 1.165) is 16.7 Å². The summed E-state index contributed by atoms with van der Waals surface area (Å²) in [7, 11) is 0. The van der Waals surface area contributed by atoms with E-state index in [2.05, 4.69) is 10.6 Å². The molecule has 0 aromatic heterocycles. The van der Waals surface area contributed by atoms with Crippen LogP contribution in [0, 0.1) is 12.7 Å². The number of hydrogen-bond donors (Lipinski definition) is 2. The number of hydrogen-bond acceptors (Lipinski definition) is 2. The first kappa shape index (κ1) is 17.7. The highest BCUT2D eigenvalue weighted by Crippen LogP contribution is 2.04. The molecule has 0 saturated carbocycles. The molecule has 0 fully saturated rings. The van der Waals surface area contributed by atoms with Crippen LogP contribution in [0.2, 0.25) is 0 Å². The van der Waals surface area contributed by atoms with Crippen LogP contribution >= 0.6 is 0 Å². The quantitative estimate of drug-likeness (QED) is 0.767. The van der Waals surface area contributed by atoms with Gasteiger partial charge in [0.1, 0.15) is 12.2 Å². The van der Waals surface area contributed by atoms with Crippen molar-refractivity contribution in [2.75, 3.05) is 6.54 Å². The largest absolute Gasteiger partial charge is 0.355 e. The maximum absolute atomic E-state index is 12.8. The van der Waals surface area contributed by atoms with Crippen LogP contribution < -0.4 is 10.6 Å². The first-order valence-corrected chi connectivity index (χ1v) is 7.86. The molecule has 0 bridgehead atoms. The Bertz CT molecular complexity index is 699. The van der Waals surface area contributed by atoms with E-state index in [4.69, 9.17) is 0 Å². The first-order valence-electron chi connectivity index (χ1n) is 7.86. The third-order valence-electron chi connectivity index (χ3n) is 3.54. The van der Waals surface area contributed by atoms with E-state index < -0.39 is 0 Å². The molecule has 0 radical (unpaired) electrons. The van der Waals surface area contributed by atoms with E-state index in [1.165, 1.54) is 12.1 Å². The minimum Gasteiger partial charge on any atom is -0.355 e. The highest BCUT2D eigenvalue weighted by molar-refractivity contribution is 5.96. The van der Waals surface area contributed by atoms with E-state index in [-0.39, 0.29) is 24.1 Å². The lowest BCUT2D eigenvalue weighted by Crippen LogP contribution is -2.32. The minimum absolute atomic E-state index is 0.199. The van der Waals surface area contributed by atoms with E-state index >= 15 is 0 Å². The van der Waals surface area contributed by atoms with Crippen molar-refractivity contribution in [1.82, 2.24) is 10.6 Å². The van der Waals surface area contributed by atoms with Gasteiger partial charge in [-0.1, -0.05) is 42.0 Å². The number of nitrogens with one attached hydrogen (secondary N) is 2. The van der Waals surface area contributed by atoms with Gasteiger partial charge in [-0.15, -0.1) is 0 Å². The fourth-order valence-electron chi connectivity index (χ4n) is 2.29. The van der Waals surface area contributed by atoms with Gasteiger partial charge in [-0.2, -0.15) is 0 Å². The zero-order valence-corrected chi connectivity index (χ0v) is 13.6. The molecule has 0 spiro atoms. The second-order valence-electron chi connectivity index (χ2n) is 5.67. The Balaban J connectivity index is 1.66. The second kappa shape index (κ2) is 8.82. The zero-order chi connectivity index (χ0) is 17.4. The Kier molecular flexibility index (Phi) is 6.49. The minimum atomic E-state index is -0.321. The van der Waals surface area contributed by atoms with Crippen LogP contribution in [0.5, 0.6) is 0 Å². The Morgan fingerprint density at radius 1 is 0.958 bits per heavy atom. The van der Waals surface area contributed by atoms with Crippen LogP contribution in [0.3, 0.4) is 0 Å². The topological polar surface area (TPSA) is 58.2 Å². The molecule has 0 aliphatic carbocycles. The van der Waals surface area contributed by atoms with E-state index in [0.29, 0.717) is 19.5 Å². The summed E-state index contributed by atoms with van der Waals surface area (Å²) >= 11 is 0. The van der Waals surface area contributed by atoms with Gasteiger partial charge in [0, 0.05) is 13.1 Å². The number of rotatable bonds is 7. The summed E-state index contributed by atoms with van der Waals surface area (Å²) in [5, 5.41) is 5.42. The summed E-state index contributed by atoms with van der Waals surface area (Å²) < 4.78 is 12.8. The van der Waals surface area contributed by atoms with Crippen molar-refractivity contribution in [3.8, 4) is 0 Å². The van der Waals surface area contributed by atoms with Crippen LogP contribution in [-0.2, 0) is 22.6 Å². The standard InChI is InChI=1S/C19H21FN2O2/c1-14-3-2-4-16(11-14)13-22-19(24)12-18(23)21-10-9-15-5-7-17(20)8-6-15/h2-8,11H,9-10,12-13H2,1H3,(H,21,23)(H,22,24). The summed E-state index contributed by atoms with van der Waals surface area (Å²) in [5.74, 6) is -0.914. The molecule has 2 aromatic carbocycles. The number of amides is 2. The molecule has 0 aliphatic heterocycles. The molecule has 126 valence electrons. The molecule has 0 atom stereocenters. The van der Waals surface area contributed by atoms with Crippen molar-refractivity contribution in [3.63, 3.8) is 0 Å². The molecule has 24 heavy (non-hydrogen) atoms.